The second-order valence-corrected chi connectivity index (χ2v) is 9.37. The molecule has 0 saturated heterocycles. The zero-order valence-electron chi connectivity index (χ0n) is 18.0. The third-order valence-electron chi connectivity index (χ3n) is 4.27. The van der Waals surface area contributed by atoms with E-state index in [1.165, 1.54) is 0 Å². The number of carbonyl (C=O) groups is 1. The minimum Gasteiger partial charge on any atom is -0.444 e. The molecule has 1 rings (SSSR count). The first kappa shape index (κ1) is 24.8. The molecule has 0 aliphatic rings. The summed E-state index contributed by atoms with van der Waals surface area (Å²) in [5, 5.41) is 23.9. The van der Waals surface area contributed by atoms with Crippen molar-refractivity contribution in [2.24, 2.45) is 0 Å². The fraction of sp³-hybridized carbons (Fsp3) is 0.682. The van der Waals surface area contributed by atoms with Gasteiger partial charge in [0.25, 0.3) is 0 Å². The van der Waals surface area contributed by atoms with Crippen LogP contribution in [-0.2, 0) is 4.74 Å². The molecule has 0 bridgehead atoms. The molecule has 28 heavy (non-hydrogen) atoms. The van der Waals surface area contributed by atoms with Crippen LogP contribution in [0.2, 0.25) is 0 Å². The Morgan fingerprint density at radius 1 is 1.21 bits per heavy atom. The summed E-state index contributed by atoms with van der Waals surface area (Å²) >= 11 is 1.62. The van der Waals surface area contributed by atoms with E-state index in [0.717, 1.165) is 36.1 Å². The van der Waals surface area contributed by atoms with Gasteiger partial charge in [0.05, 0.1) is 11.7 Å². The third-order valence-corrected chi connectivity index (χ3v) is 5.54. The minimum atomic E-state index is -0.666. The van der Waals surface area contributed by atoms with Crippen molar-refractivity contribution in [2.45, 2.75) is 88.9 Å². The van der Waals surface area contributed by atoms with Crippen molar-refractivity contribution in [1.29, 1.82) is 0 Å². The molecule has 1 aromatic carbocycles. The summed E-state index contributed by atoms with van der Waals surface area (Å²) in [5.41, 5.74) is -0.364. The van der Waals surface area contributed by atoms with Gasteiger partial charge >= 0.3 is 6.09 Å². The monoisotopic (exact) mass is 411 g/mol. The summed E-state index contributed by atoms with van der Waals surface area (Å²) in [6, 6.07) is 7.76. The first-order valence-corrected chi connectivity index (χ1v) is 11.2. The van der Waals surface area contributed by atoms with Crippen LogP contribution in [0.1, 0.15) is 78.4 Å². The number of aliphatic hydroxyl groups is 2. The van der Waals surface area contributed by atoms with Crippen molar-refractivity contribution >= 4 is 17.9 Å². The summed E-state index contributed by atoms with van der Waals surface area (Å²) in [5.74, 6) is 0.647. The van der Waals surface area contributed by atoms with Crippen molar-refractivity contribution in [3.63, 3.8) is 0 Å². The molecule has 0 aliphatic carbocycles. The number of hydrogen-bond acceptors (Lipinski definition) is 5. The van der Waals surface area contributed by atoms with E-state index in [9.17, 15) is 15.0 Å². The molecule has 0 aliphatic heterocycles. The molecule has 0 aromatic heterocycles. The summed E-state index contributed by atoms with van der Waals surface area (Å²) in [7, 11) is 0. The van der Waals surface area contributed by atoms with Crippen molar-refractivity contribution in [1.82, 2.24) is 5.32 Å². The first-order valence-electron chi connectivity index (χ1n) is 10.2. The fourth-order valence-corrected chi connectivity index (χ4v) is 4.14. The number of ether oxygens (including phenoxy) is 1. The number of benzene rings is 1. The Bertz CT molecular complexity index is 594. The second kappa shape index (κ2) is 11.7. The first-order chi connectivity index (χ1) is 13.1. The molecule has 0 spiro atoms. The lowest BCUT2D eigenvalue weighted by Gasteiger charge is -2.27. The highest BCUT2D eigenvalue weighted by molar-refractivity contribution is 7.99. The highest BCUT2D eigenvalue weighted by Gasteiger charge is 2.25. The Morgan fingerprint density at radius 2 is 1.86 bits per heavy atom. The van der Waals surface area contributed by atoms with Crippen LogP contribution in [0.5, 0.6) is 0 Å². The van der Waals surface area contributed by atoms with Gasteiger partial charge < -0.3 is 20.3 Å². The molecular weight excluding hydrogens is 374 g/mol. The Balaban J connectivity index is 2.56. The van der Waals surface area contributed by atoms with Gasteiger partial charge in [-0.1, -0.05) is 38.8 Å². The molecule has 0 saturated carbocycles. The van der Waals surface area contributed by atoms with Crippen LogP contribution < -0.4 is 5.32 Å². The molecule has 160 valence electrons. The topological polar surface area (TPSA) is 78.8 Å². The van der Waals surface area contributed by atoms with Gasteiger partial charge in [-0.05, 0) is 57.7 Å². The zero-order valence-corrected chi connectivity index (χ0v) is 18.8. The zero-order chi connectivity index (χ0) is 21.2. The van der Waals surface area contributed by atoms with Crippen LogP contribution in [0.25, 0.3) is 0 Å². The van der Waals surface area contributed by atoms with E-state index >= 15 is 0 Å². The standard InChI is InChI=1S/C22H37NO4S/c1-6-12-22(26,13-7-2)16-28-18-10-8-9-17(15-18)19(24)11-14-23-20(25)27-21(3,4)5/h8-10,15,19,24,26H,6-7,11-14,16H2,1-5H3,(H,23,25). The van der Waals surface area contributed by atoms with Gasteiger partial charge in [0, 0.05) is 17.2 Å². The molecule has 1 atom stereocenters. The van der Waals surface area contributed by atoms with Crippen molar-refractivity contribution in [2.75, 3.05) is 12.3 Å². The van der Waals surface area contributed by atoms with Crippen LogP contribution in [0.15, 0.2) is 29.2 Å². The van der Waals surface area contributed by atoms with Gasteiger partial charge in [0.15, 0.2) is 0 Å². The molecule has 6 heteroatoms. The van der Waals surface area contributed by atoms with Crippen molar-refractivity contribution < 1.29 is 19.7 Å². The molecule has 0 heterocycles. The maximum absolute atomic E-state index is 11.7. The number of aliphatic hydroxyl groups excluding tert-OH is 1. The van der Waals surface area contributed by atoms with E-state index in [2.05, 4.69) is 19.2 Å². The van der Waals surface area contributed by atoms with Gasteiger partial charge in [-0.2, -0.15) is 0 Å². The van der Waals surface area contributed by atoms with Crippen molar-refractivity contribution in [3.8, 4) is 0 Å². The smallest absolute Gasteiger partial charge is 0.407 e. The predicted molar refractivity (Wildman–Crippen MR) is 116 cm³/mol. The van der Waals surface area contributed by atoms with Crippen LogP contribution in [-0.4, -0.2) is 39.8 Å². The number of alkyl carbamates (subject to hydrolysis) is 1. The maximum atomic E-state index is 11.7. The number of nitrogens with one attached hydrogen (secondary N) is 1. The van der Waals surface area contributed by atoms with Crippen LogP contribution in [0.4, 0.5) is 4.79 Å². The van der Waals surface area contributed by atoms with E-state index in [0.29, 0.717) is 18.7 Å². The molecule has 3 N–H and O–H groups in total. The second-order valence-electron chi connectivity index (χ2n) is 8.32. The molecule has 5 nitrogen and oxygen atoms in total. The van der Waals surface area contributed by atoms with Crippen LogP contribution >= 0.6 is 11.8 Å². The van der Waals surface area contributed by atoms with Gasteiger partial charge in [-0.3, -0.25) is 0 Å². The van der Waals surface area contributed by atoms with Gasteiger partial charge in [-0.25, -0.2) is 4.79 Å². The minimum absolute atomic E-state index is 0.334. The Kier molecular flexibility index (Phi) is 10.4. The molecule has 1 amide bonds. The average molecular weight is 412 g/mol. The summed E-state index contributed by atoms with van der Waals surface area (Å²) < 4.78 is 5.19. The van der Waals surface area contributed by atoms with Gasteiger partial charge in [0.2, 0.25) is 0 Å². The van der Waals surface area contributed by atoms with Crippen LogP contribution in [0.3, 0.4) is 0 Å². The number of rotatable bonds is 11. The lowest BCUT2D eigenvalue weighted by atomic mass is 9.95. The molecule has 1 unspecified atom stereocenters. The van der Waals surface area contributed by atoms with E-state index in [-0.39, 0.29) is 0 Å². The lowest BCUT2D eigenvalue weighted by molar-refractivity contribution is 0.0454. The molecule has 0 fully saturated rings. The van der Waals surface area contributed by atoms with Crippen LogP contribution in [0, 0.1) is 0 Å². The summed E-state index contributed by atoms with van der Waals surface area (Å²) in [6.45, 7) is 9.95. The number of carbonyl (C=O) groups excluding carboxylic acids is 1. The van der Waals surface area contributed by atoms with E-state index in [1.54, 1.807) is 11.8 Å². The van der Waals surface area contributed by atoms with E-state index in [4.69, 9.17) is 4.74 Å². The highest BCUT2D eigenvalue weighted by atomic mass is 32.2. The van der Waals surface area contributed by atoms with Gasteiger partial charge in [-0.15, -0.1) is 11.8 Å². The third kappa shape index (κ3) is 9.80. The number of hydrogen-bond donors (Lipinski definition) is 3. The lowest BCUT2D eigenvalue weighted by Crippen LogP contribution is -2.33. The number of thioether (sulfide) groups is 1. The maximum Gasteiger partial charge on any atom is 0.407 e. The van der Waals surface area contributed by atoms with E-state index in [1.807, 2.05) is 45.0 Å². The quantitative estimate of drug-likeness (QED) is 0.444. The highest BCUT2D eigenvalue weighted by Crippen LogP contribution is 2.30. The molecule has 0 radical (unpaired) electrons. The molecule has 1 aromatic rings. The normalized spacial score (nSPS) is 13.2. The summed E-state index contributed by atoms with van der Waals surface area (Å²) in [4.78, 5) is 12.7. The van der Waals surface area contributed by atoms with Crippen molar-refractivity contribution in [3.05, 3.63) is 29.8 Å². The number of amides is 1. The average Bonchev–Trinajstić information content (AvgIpc) is 2.59. The van der Waals surface area contributed by atoms with Gasteiger partial charge in [0.1, 0.15) is 5.60 Å². The van der Waals surface area contributed by atoms with E-state index < -0.39 is 23.4 Å². The fourth-order valence-electron chi connectivity index (χ4n) is 3.02. The molecular formula is C22H37NO4S. The Hall–Kier alpha value is -1.24. The SMILES string of the molecule is CCCC(O)(CCC)CSc1cccc(C(O)CCNC(=O)OC(C)(C)C)c1. The summed E-state index contributed by atoms with van der Waals surface area (Å²) in [6.07, 6.45) is 2.78. The predicted octanol–water partition coefficient (Wildman–Crippen LogP) is 5.06. The Labute approximate surface area is 174 Å². The largest absolute Gasteiger partial charge is 0.444 e. The Morgan fingerprint density at radius 3 is 2.43 bits per heavy atom.